The van der Waals surface area contributed by atoms with Gasteiger partial charge in [0.1, 0.15) is 0 Å². The molecular formula is C17H35NO. The molecule has 0 spiro atoms. The maximum atomic E-state index is 10.8. The van der Waals surface area contributed by atoms with Crippen molar-refractivity contribution in [2.24, 2.45) is 22.5 Å². The van der Waals surface area contributed by atoms with Crippen LogP contribution in [0.15, 0.2) is 0 Å². The summed E-state index contributed by atoms with van der Waals surface area (Å²) in [6.07, 6.45) is 9.40. The number of hydrogen-bond acceptors (Lipinski definition) is 2. The zero-order valence-electron chi connectivity index (χ0n) is 13.5. The molecule has 2 nitrogen and oxygen atoms in total. The predicted molar refractivity (Wildman–Crippen MR) is 83.0 cm³/mol. The monoisotopic (exact) mass is 269 g/mol. The van der Waals surface area contributed by atoms with Crippen LogP contribution in [0.4, 0.5) is 0 Å². The highest BCUT2D eigenvalue weighted by Crippen LogP contribution is 2.49. The maximum absolute atomic E-state index is 10.8. The predicted octanol–water partition coefficient (Wildman–Crippen LogP) is 4.11. The maximum Gasteiger partial charge on any atom is 0.0659 e. The minimum Gasteiger partial charge on any atom is -0.392 e. The molecule has 3 N–H and O–H groups in total. The Bertz CT molecular complexity index is 264. The van der Waals surface area contributed by atoms with E-state index in [1.165, 1.54) is 32.1 Å². The summed E-state index contributed by atoms with van der Waals surface area (Å²) in [6.45, 7) is 9.58. The zero-order valence-corrected chi connectivity index (χ0v) is 13.5. The fourth-order valence-electron chi connectivity index (χ4n) is 4.03. The van der Waals surface area contributed by atoms with Crippen LogP contribution >= 0.6 is 0 Å². The van der Waals surface area contributed by atoms with Gasteiger partial charge in [-0.25, -0.2) is 0 Å². The molecule has 0 aromatic rings. The van der Waals surface area contributed by atoms with E-state index in [0.717, 1.165) is 25.2 Å². The van der Waals surface area contributed by atoms with Crippen LogP contribution < -0.4 is 5.73 Å². The highest BCUT2D eigenvalue weighted by molar-refractivity contribution is 4.99. The number of aliphatic hydroxyl groups excluding tert-OH is 1. The molecule has 114 valence electrons. The van der Waals surface area contributed by atoms with Crippen LogP contribution in [0.2, 0.25) is 0 Å². The first-order chi connectivity index (χ1) is 8.91. The van der Waals surface area contributed by atoms with Gasteiger partial charge in [0.05, 0.1) is 6.10 Å². The normalized spacial score (nSPS) is 32.2. The van der Waals surface area contributed by atoms with Gasteiger partial charge < -0.3 is 10.8 Å². The molecule has 0 aromatic heterocycles. The molecule has 0 aromatic carbocycles. The lowest BCUT2D eigenvalue weighted by atomic mass is 9.58. The first-order valence-electron chi connectivity index (χ1n) is 8.30. The SMILES string of the molecule is CCCCC(CC)CC1(CN)CCCC(C)(C)C1O. The van der Waals surface area contributed by atoms with Gasteiger partial charge in [-0.05, 0) is 30.6 Å². The minimum absolute atomic E-state index is 0.0284. The molecule has 0 amide bonds. The van der Waals surface area contributed by atoms with Gasteiger partial charge in [0.15, 0.2) is 0 Å². The smallest absolute Gasteiger partial charge is 0.0659 e. The lowest BCUT2D eigenvalue weighted by Gasteiger charge is -2.50. The fraction of sp³-hybridized carbons (Fsp3) is 1.00. The van der Waals surface area contributed by atoms with Crippen LogP contribution in [0.1, 0.15) is 79.1 Å². The largest absolute Gasteiger partial charge is 0.392 e. The number of hydrogen-bond donors (Lipinski definition) is 2. The second kappa shape index (κ2) is 7.08. The quantitative estimate of drug-likeness (QED) is 0.730. The van der Waals surface area contributed by atoms with Crippen molar-refractivity contribution in [3.05, 3.63) is 0 Å². The van der Waals surface area contributed by atoms with E-state index < -0.39 is 0 Å². The van der Waals surface area contributed by atoms with Gasteiger partial charge in [0, 0.05) is 12.0 Å². The third-order valence-electron chi connectivity index (χ3n) is 5.46. The molecule has 2 heteroatoms. The lowest BCUT2D eigenvalue weighted by Crippen LogP contribution is -2.53. The van der Waals surface area contributed by atoms with Crippen molar-refractivity contribution in [2.45, 2.75) is 85.2 Å². The zero-order chi connectivity index (χ0) is 14.5. The highest BCUT2D eigenvalue weighted by Gasteiger charge is 2.48. The van der Waals surface area contributed by atoms with E-state index in [4.69, 9.17) is 5.73 Å². The molecule has 1 aliphatic carbocycles. The van der Waals surface area contributed by atoms with Crippen molar-refractivity contribution in [2.75, 3.05) is 6.54 Å². The molecule has 0 saturated heterocycles. The van der Waals surface area contributed by atoms with E-state index in [0.29, 0.717) is 6.54 Å². The molecule has 3 unspecified atom stereocenters. The standard InChI is InChI=1S/C17H35NO/c1-5-7-9-14(6-2)12-17(13-18)11-8-10-16(3,4)15(17)19/h14-15,19H,5-13,18H2,1-4H3. The summed E-state index contributed by atoms with van der Waals surface area (Å²) < 4.78 is 0. The molecule has 0 bridgehead atoms. The van der Waals surface area contributed by atoms with Crippen LogP contribution in [0.5, 0.6) is 0 Å². The molecule has 0 aliphatic heterocycles. The van der Waals surface area contributed by atoms with E-state index in [-0.39, 0.29) is 16.9 Å². The number of rotatable bonds is 7. The fourth-order valence-corrected chi connectivity index (χ4v) is 4.03. The Kier molecular flexibility index (Phi) is 6.32. The molecule has 19 heavy (non-hydrogen) atoms. The second-order valence-corrected chi connectivity index (χ2v) is 7.43. The van der Waals surface area contributed by atoms with Crippen LogP contribution in [-0.4, -0.2) is 17.8 Å². The van der Waals surface area contributed by atoms with Crippen LogP contribution in [0.3, 0.4) is 0 Å². The number of nitrogens with two attached hydrogens (primary N) is 1. The van der Waals surface area contributed by atoms with Gasteiger partial charge >= 0.3 is 0 Å². The summed E-state index contributed by atoms with van der Waals surface area (Å²) in [6, 6.07) is 0. The minimum atomic E-state index is -0.241. The van der Waals surface area contributed by atoms with Gasteiger partial charge in [-0.15, -0.1) is 0 Å². The summed E-state index contributed by atoms with van der Waals surface area (Å²) in [4.78, 5) is 0. The van der Waals surface area contributed by atoms with E-state index in [9.17, 15) is 5.11 Å². The third-order valence-corrected chi connectivity index (χ3v) is 5.46. The first kappa shape index (κ1) is 17.0. The molecule has 3 atom stereocenters. The molecule has 0 heterocycles. The van der Waals surface area contributed by atoms with Gasteiger partial charge in [0.2, 0.25) is 0 Å². The average Bonchev–Trinajstić information content (AvgIpc) is 2.39. The van der Waals surface area contributed by atoms with Crippen molar-refractivity contribution in [1.82, 2.24) is 0 Å². The van der Waals surface area contributed by atoms with Gasteiger partial charge in [-0.2, -0.15) is 0 Å². The van der Waals surface area contributed by atoms with Crippen LogP contribution in [0, 0.1) is 16.7 Å². The van der Waals surface area contributed by atoms with Crippen molar-refractivity contribution in [1.29, 1.82) is 0 Å². The van der Waals surface area contributed by atoms with Crippen molar-refractivity contribution >= 4 is 0 Å². The van der Waals surface area contributed by atoms with Crippen molar-refractivity contribution in [3.63, 3.8) is 0 Å². The van der Waals surface area contributed by atoms with E-state index >= 15 is 0 Å². The topological polar surface area (TPSA) is 46.2 Å². The first-order valence-corrected chi connectivity index (χ1v) is 8.30. The summed E-state index contributed by atoms with van der Waals surface area (Å²) in [5, 5.41) is 10.8. The number of unbranched alkanes of at least 4 members (excludes halogenated alkanes) is 1. The molecule has 0 radical (unpaired) electrons. The third kappa shape index (κ3) is 3.95. The molecule has 1 rings (SSSR count). The van der Waals surface area contributed by atoms with E-state index in [1.54, 1.807) is 0 Å². The van der Waals surface area contributed by atoms with Crippen molar-refractivity contribution in [3.8, 4) is 0 Å². The Labute approximate surface area is 120 Å². The second-order valence-electron chi connectivity index (χ2n) is 7.43. The Morgan fingerprint density at radius 3 is 2.47 bits per heavy atom. The lowest BCUT2D eigenvalue weighted by molar-refractivity contribution is -0.0994. The highest BCUT2D eigenvalue weighted by atomic mass is 16.3. The van der Waals surface area contributed by atoms with Gasteiger partial charge in [-0.1, -0.05) is 59.8 Å². The molecule has 1 fully saturated rings. The molecule has 1 aliphatic rings. The van der Waals surface area contributed by atoms with E-state index in [2.05, 4.69) is 27.7 Å². The average molecular weight is 269 g/mol. The number of aliphatic hydroxyl groups is 1. The Balaban J connectivity index is 2.78. The Morgan fingerprint density at radius 2 is 1.95 bits per heavy atom. The van der Waals surface area contributed by atoms with Crippen LogP contribution in [-0.2, 0) is 0 Å². The summed E-state index contributed by atoms with van der Waals surface area (Å²) >= 11 is 0. The Morgan fingerprint density at radius 1 is 1.26 bits per heavy atom. The summed E-state index contributed by atoms with van der Waals surface area (Å²) in [7, 11) is 0. The van der Waals surface area contributed by atoms with Gasteiger partial charge in [-0.3, -0.25) is 0 Å². The molecule has 1 saturated carbocycles. The summed E-state index contributed by atoms with van der Waals surface area (Å²) in [5.41, 5.74) is 6.12. The van der Waals surface area contributed by atoms with E-state index in [1.807, 2.05) is 0 Å². The molecular weight excluding hydrogens is 234 g/mol. The Hall–Kier alpha value is -0.0800. The summed E-state index contributed by atoms with van der Waals surface area (Å²) in [5.74, 6) is 0.729. The van der Waals surface area contributed by atoms with Crippen LogP contribution in [0.25, 0.3) is 0 Å². The van der Waals surface area contributed by atoms with Gasteiger partial charge in [0.25, 0.3) is 0 Å². The van der Waals surface area contributed by atoms with Crippen molar-refractivity contribution < 1.29 is 5.11 Å².